The van der Waals surface area contributed by atoms with Gasteiger partial charge in [0.2, 0.25) is 0 Å². The standard InChI is InChI=1S/C43H28BrN.C31H21BrN2/c44-31-22-18-29(19-23-31)30-20-24-33(25-21-30)45(32-10-2-1-3-11-32)34-26-27-38-37-14-6-9-17-41(37)43(42(38)28-34)39-15-7-4-12-35(39)36-13-5-8-16-40(36)43;32-24-15-17-25(18-16-24)34(31-14-6-10-23-8-2-4-12-28(23)31)26-19-20-30(33-21-26)29-13-5-9-22-7-1-3-11-27(22)29/h1-28H;1-21H. The average molecular weight is 1140 g/mol. The van der Waals surface area contributed by atoms with Gasteiger partial charge in [-0.3, -0.25) is 4.98 Å². The van der Waals surface area contributed by atoms with Gasteiger partial charge >= 0.3 is 0 Å². The third kappa shape index (κ3) is 8.45. The fraction of sp³-hybridized carbons (Fsp3) is 0.0135. The summed E-state index contributed by atoms with van der Waals surface area (Å²) in [6.45, 7) is 0. The summed E-state index contributed by atoms with van der Waals surface area (Å²) in [6.07, 6.45) is 1.97. The fourth-order valence-corrected chi connectivity index (χ4v) is 12.8. The number of halogens is 2. The van der Waals surface area contributed by atoms with Crippen molar-refractivity contribution in [3.05, 3.63) is 329 Å². The van der Waals surface area contributed by atoms with E-state index in [-0.39, 0.29) is 5.41 Å². The summed E-state index contributed by atoms with van der Waals surface area (Å²) >= 11 is 7.14. The number of anilines is 6. The SMILES string of the molecule is Brc1ccc(-c2ccc(N(c3ccccc3)c3ccc4c(c3)C3(c5ccccc5-c5ccccc53)c3ccccc3-4)cc2)cc1.Brc1ccc(N(c2ccc(-c3cccc4ccccc34)nc2)c2cccc3ccccc23)cc1. The first-order valence-corrected chi connectivity index (χ1v) is 28.2. The van der Waals surface area contributed by atoms with Crippen molar-refractivity contribution in [2.24, 2.45) is 0 Å². The molecule has 79 heavy (non-hydrogen) atoms. The number of pyridine rings is 1. The molecule has 2 aliphatic rings. The third-order valence-corrected chi connectivity index (χ3v) is 16.8. The fourth-order valence-electron chi connectivity index (χ4n) is 12.2. The zero-order chi connectivity index (χ0) is 52.9. The smallest absolute Gasteiger partial charge is 0.0726 e. The number of rotatable bonds is 8. The maximum Gasteiger partial charge on any atom is 0.0726 e. The van der Waals surface area contributed by atoms with E-state index in [1.54, 1.807) is 0 Å². The Morgan fingerprint density at radius 2 is 0.722 bits per heavy atom. The molecule has 0 radical (unpaired) electrons. The minimum atomic E-state index is -0.372. The summed E-state index contributed by atoms with van der Waals surface area (Å²) in [4.78, 5) is 9.57. The highest BCUT2D eigenvalue weighted by atomic mass is 79.9. The molecule has 0 N–H and O–H groups in total. The largest absolute Gasteiger partial charge is 0.310 e. The van der Waals surface area contributed by atoms with Crippen LogP contribution in [0.3, 0.4) is 0 Å². The van der Waals surface area contributed by atoms with Gasteiger partial charge in [0.15, 0.2) is 0 Å². The van der Waals surface area contributed by atoms with Gasteiger partial charge in [-0.2, -0.15) is 0 Å². The molecule has 0 aliphatic heterocycles. The maximum absolute atomic E-state index is 4.92. The molecule has 1 spiro atoms. The lowest BCUT2D eigenvalue weighted by Crippen LogP contribution is -2.26. The van der Waals surface area contributed by atoms with Crippen LogP contribution in [0.2, 0.25) is 0 Å². The van der Waals surface area contributed by atoms with Crippen LogP contribution in [0.5, 0.6) is 0 Å². The van der Waals surface area contributed by atoms with E-state index in [9.17, 15) is 0 Å². The number of para-hydroxylation sites is 1. The van der Waals surface area contributed by atoms with Crippen molar-refractivity contribution in [1.82, 2.24) is 4.98 Å². The number of aromatic nitrogens is 1. The second-order valence-electron chi connectivity index (χ2n) is 20.1. The normalized spacial score (nSPS) is 12.3. The Balaban J connectivity index is 0.000000149. The molecular formula is C74H49Br2N3. The van der Waals surface area contributed by atoms with E-state index in [0.29, 0.717) is 0 Å². The molecule has 1 heterocycles. The van der Waals surface area contributed by atoms with Gasteiger partial charge in [0, 0.05) is 42.6 Å². The van der Waals surface area contributed by atoms with Crippen LogP contribution in [0.15, 0.2) is 306 Å². The van der Waals surface area contributed by atoms with Gasteiger partial charge in [0.05, 0.1) is 28.7 Å². The molecule has 0 saturated carbocycles. The second-order valence-corrected chi connectivity index (χ2v) is 21.9. The first-order chi connectivity index (χ1) is 39.0. The zero-order valence-electron chi connectivity index (χ0n) is 42.9. The van der Waals surface area contributed by atoms with E-state index in [1.807, 2.05) is 6.20 Å². The van der Waals surface area contributed by atoms with Gasteiger partial charge < -0.3 is 9.80 Å². The Bertz CT molecular complexity index is 4310. The molecule has 5 heteroatoms. The van der Waals surface area contributed by atoms with Crippen LogP contribution in [0.25, 0.3) is 66.2 Å². The highest BCUT2D eigenvalue weighted by molar-refractivity contribution is 9.10. The Hall–Kier alpha value is -9.13. The first-order valence-electron chi connectivity index (χ1n) is 26.6. The number of benzene rings is 12. The summed E-state index contributed by atoms with van der Waals surface area (Å²) in [7, 11) is 0. The van der Waals surface area contributed by atoms with Gasteiger partial charge in [-0.1, -0.05) is 232 Å². The van der Waals surface area contributed by atoms with E-state index in [0.717, 1.165) is 54.3 Å². The molecule has 12 aromatic carbocycles. The summed E-state index contributed by atoms with van der Waals surface area (Å²) in [5.74, 6) is 0. The van der Waals surface area contributed by atoms with Crippen LogP contribution in [-0.2, 0) is 5.41 Å². The molecule has 0 amide bonds. The van der Waals surface area contributed by atoms with Crippen molar-refractivity contribution < 1.29 is 0 Å². The summed E-state index contributed by atoms with van der Waals surface area (Å²) in [5, 5.41) is 4.84. The summed E-state index contributed by atoms with van der Waals surface area (Å²) in [6, 6.07) is 105. The molecule has 2 aliphatic carbocycles. The third-order valence-electron chi connectivity index (χ3n) is 15.7. The molecule has 0 saturated heterocycles. The quantitative estimate of drug-likeness (QED) is 0.151. The van der Waals surface area contributed by atoms with Gasteiger partial charge in [0.1, 0.15) is 0 Å². The van der Waals surface area contributed by atoms with Gasteiger partial charge in [-0.25, -0.2) is 0 Å². The van der Waals surface area contributed by atoms with Crippen molar-refractivity contribution in [3.63, 3.8) is 0 Å². The molecule has 0 unspecified atom stereocenters. The lowest BCUT2D eigenvalue weighted by Gasteiger charge is -2.32. The average Bonchev–Trinajstić information content (AvgIpc) is 3.09. The lowest BCUT2D eigenvalue weighted by atomic mass is 9.70. The van der Waals surface area contributed by atoms with Crippen molar-refractivity contribution >= 4 is 87.5 Å². The zero-order valence-corrected chi connectivity index (χ0v) is 46.1. The predicted molar refractivity (Wildman–Crippen MR) is 338 cm³/mol. The lowest BCUT2D eigenvalue weighted by molar-refractivity contribution is 0.793. The van der Waals surface area contributed by atoms with Crippen LogP contribution in [0.1, 0.15) is 22.3 Å². The van der Waals surface area contributed by atoms with E-state index in [2.05, 4.69) is 333 Å². The molecule has 0 bridgehead atoms. The van der Waals surface area contributed by atoms with Gasteiger partial charge in [-0.05, 0) is 163 Å². The van der Waals surface area contributed by atoms with Crippen LogP contribution in [0.4, 0.5) is 34.1 Å². The monoisotopic (exact) mass is 1140 g/mol. The van der Waals surface area contributed by atoms with Crippen LogP contribution >= 0.6 is 31.9 Å². The van der Waals surface area contributed by atoms with Crippen molar-refractivity contribution in [2.45, 2.75) is 5.41 Å². The van der Waals surface area contributed by atoms with Crippen molar-refractivity contribution in [2.75, 3.05) is 9.80 Å². The molecule has 0 atom stereocenters. The van der Waals surface area contributed by atoms with Gasteiger partial charge in [-0.15, -0.1) is 0 Å². The van der Waals surface area contributed by atoms with E-state index in [4.69, 9.17) is 4.98 Å². The molecule has 15 rings (SSSR count). The Kier molecular flexibility index (Phi) is 12.4. The van der Waals surface area contributed by atoms with Gasteiger partial charge in [0.25, 0.3) is 0 Å². The molecule has 1 aromatic heterocycles. The van der Waals surface area contributed by atoms with E-state index >= 15 is 0 Å². The molecule has 3 nitrogen and oxygen atoms in total. The van der Waals surface area contributed by atoms with Crippen molar-refractivity contribution in [1.29, 1.82) is 0 Å². The highest BCUT2D eigenvalue weighted by Gasteiger charge is 2.51. The van der Waals surface area contributed by atoms with Crippen LogP contribution in [-0.4, -0.2) is 4.98 Å². The molecule has 0 fully saturated rings. The Morgan fingerprint density at radius 1 is 0.291 bits per heavy atom. The van der Waals surface area contributed by atoms with Crippen molar-refractivity contribution in [3.8, 4) is 44.6 Å². The highest BCUT2D eigenvalue weighted by Crippen LogP contribution is 2.63. The number of fused-ring (bicyclic) bond motifs is 12. The number of hydrogen-bond donors (Lipinski definition) is 0. The topological polar surface area (TPSA) is 19.4 Å². The Morgan fingerprint density at radius 3 is 1.34 bits per heavy atom. The minimum Gasteiger partial charge on any atom is -0.310 e. The Labute approximate surface area is 477 Å². The molecule has 13 aromatic rings. The minimum absolute atomic E-state index is 0.372. The number of hydrogen-bond acceptors (Lipinski definition) is 3. The maximum atomic E-state index is 4.92. The molecular weight excluding hydrogens is 1090 g/mol. The number of nitrogens with zero attached hydrogens (tertiary/aromatic N) is 3. The molecule has 374 valence electrons. The van der Waals surface area contributed by atoms with E-state index < -0.39 is 0 Å². The van der Waals surface area contributed by atoms with E-state index in [1.165, 1.54) is 77.2 Å². The second kappa shape index (κ2) is 20.3. The predicted octanol–water partition coefficient (Wildman–Crippen LogP) is 21.2. The first kappa shape index (κ1) is 48.3. The summed E-state index contributed by atoms with van der Waals surface area (Å²) < 4.78 is 2.14. The van der Waals surface area contributed by atoms with Crippen LogP contribution in [0, 0.1) is 0 Å². The summed E-state index contributed by atoms with van der Waals surface area (Å²) in [5.41, 5.74) is 21.4. The van der Waals surface area contributed by atoms with Crippen LogP contribution < -0.4 is 9.80 Å².